The molecule has 0 saturated carbocycles. The van der Waals surface area contributed by atoms with E-state index in [1.165, 1.54) is 12.1 Å². The molecule has 0 atom stereocenters. The molecule has 3 heterocycles. The van der Waals surface area contributed by atoms with E-state index in [9.17, 15) is 9.18 Å². The largest absolute Gasteiger partial charge is 0.327 e. The summed E-state index contributed by atoms with van der Waals surface area (Å²) >= 11 is 0. The lowest BCUT2D eigenvalue weighted by atomic mass is 9.75. The molecule has 0 spiro atoms. The lowest BCUT2D eigenvalue weighted by Crippen LogP contribution is -2.43. The van der Waals surface area contributed by atoms with Crippen LogP contribution in [-0.2, 0) is 10.2 Å². The molecule has 1 amide bonds. The van der Waals surface area contributed by atoms with E-state index in [2.05, 4.69) is 41.1 Å². The first-order valence-electron chi connectivity index (χ1n) is 9.07. The zero-order chi connectivity index (χ0) is 18.5. The predicted molar refractivity (Wildman–Crippen MR) is 100.0 cm³/mol. The number of aromatic nitrogens is 3. The van der Waals surface area contributed by atoms with Crippen LogP contribution in [0, 0.1) is 5.82 Å². The molecule has 0 aliphatic carbocycles. The Balaban J connectivity index is 1.80. The Bertz CT molecular complexity index is 965. The van der Waals surface area contributed by atoms with Gasteiger partial charge in [-0.3, -0.25) is 9.89 Å². The van der Waals surface area contributed by atoms with Crippen LogP contribution in [0.2, 0.25) is 0 Å². The second-order valence-electron chi connectivity index (χ2n) is 7.73. The number of anilines is 1. The maximum atomic E-state index is 13.9. The number of carbonyl (C=O) groups excluding carboxylic acids is 1. The van der Waals surface area contributed by atoms with E-state index in [4.69, 9.17) is 0 Å². The minimum absolute atomic E-state index is 0.0187. The van der Waals surface area contributed by atoms with Crippen molar-refractivity contribution in [1.82, 2.24) is 19.5 Å². The topological polar surface area (TPSA) is 65.4 Å². The molecule has 0 radical (unpaired) electrons. The van der Waals surface area contributed by atoms with Crippen LogP contribution in [-0.4, -0.2) is 45.0 Å². The quantitative estimate of drug-likeness (QED) is 0.704. The summed E-state index contributed by atoms with van der Waals surface area (Å²) in [5, 5.41) is 5.83. The molecule has 4 rings (SSSR count). The molecular formula is C19H24FN5O. The monoisotopic (exact) mass is 357 g/mol. The fraction of sp³-hybridized carbons (Fsp3) is 0.474. The summed E-state index contributed by atoms with van der Waals surface area (Å²) in [7, 11) is 0. The fourth-order valence-electron chi connectivity index (χ4n) is 4.10. The summed E-state index contributed by atoms with van der Waals surface area (Å²) in [4.78, 5) is 18.1. The second-order valence-corrected chi connectivity index (χ2v) is 7.73. The number of hydrogen-bond donors (Lipinski definition) is 2. The molecule has 1 aliphatic rings. The van der Waals surface area contributed by atoms with Gasteiger partial charge in [0.1, 0.15) is 11.3 Å². The smallest absolute Gasteiger partial charge is 0.211 e. The highest BCUT2D eigenvalue weighted by molar-refractivity contribution is 5.95. The van der Waals surface area contributed by atoms with Crippen molar-refractivity contribution in [2.45, 2.75) is 45.1 Å². The Kier molecular flexibility index (Phi) is 3.99. The Labute approximate surface area is 151 Å². The average Bonchev–Trinajstić information content (AvgIpc) is 3.14. The number of halogens is 1. The molecule has 1 aromatic carbocycles. The maximum Gasteiger partial charge on any atom is 0.211 e. The van der Waals surface area contributed by atoms with Gasteiger partial charge in [0.25, 0.3) is 0 Å². The highest BCUT2D eigenvalue weighted by atomic mass is 19.1. The van der Waals surface area contributed by atoms with Crippen molar-refractivity contribution < 1.29 is 9.18 Å². The third kappa shape index (κ3) is 2.58. The molecule has 2 N–H and O–H groups in total. The van der Waals surface area contributed by atoms with Gasteiger partial charge in [-0.25, -0.2) is 13.9 Å². The standard InChI is InChI=1S/C19H24FN5O/c1-12(2)24-6-4-19(3,5-7-24)14-10-22-25-17-15(21-11-26)8-13(20)9-16(17)23-18(14)25/h8-12,22H,4-7H2,1-3H3,(H,21,26). The molecule has 7 heteroatoms. The van der Waals surface area contributed by atoms with Crippen LogP contribution in [0.25, 0.3) is 16.7 Å². The van der Waals surface area contributed by atoms with Gasteiger partial charge in [-0.05, 0) is 45.8 Å². The molecule has 1 fully saturated rings. The summed E-state index contributed by atoms with van der Waals surface area (Å²) in [5.41, 5.74) is 3.60. The van der Waals surface area contributed by atoms with E-state index in [-0.39, 0.29) is 5.41 Å². The number of amides is 1. The van der Waals surface area contributed by atoms with E-state index in [1.54, 1.807) is 0 Å². The van der Waals surface area contributed by atoms with Gasteiger partial charge in [-0.15, -0.1) is 0 Å². The number of imidazole rings is 1. The molecule has 0 unspecified atom stereocenters. The van der Waals surface area contributed by atoms with Gasteiger partial charge in [-0.2, -0.15) is 0 Å². The van der Waals surface area contributed by atoms with Gasteiger partial charge >= 0.3 is 0 Å². The van der Waals surface area contributed by atoms with E-state index < -0.39 is 5.82 Å². The van der Waals surface area contributed by atoms with Gasteiger partial charge in [0.15, 0.2) is 5.65 Å². The number of fused-ring (bicyclic) bond motifs is 3. The van der Waals surface area contributed by atoms with Gasteiger partial charge < -0.3 is 10.2 Å². The number of hydrogen-bond acceptors (Lipinski definition) is 3. The van der Waals surface area contributed by atoms with Crippen LogP contribution in [0.1, 0.15) is 39.2 Å². The Morgan fingerprint density at radius 1 is 1.35 bits per heavy atom. The van der Waals surface area contributed by atoms with Crippen molar-refractivity contribution in [3.8, 4) is 0 Å². The van der Waals surface area contributed by atoms with Crippen LogP contribution in [0.5, 0.6) is 0 Å². The number of carbonyl (C=O) groups is 1. The third-order valence-electron chi connectivity index (χ3n) is 5.79. The second kappa shape index (κ2) is 6.09. The lowest BCUT2D eigenvalue weighted by molar-refractivity contribution is -0.105. The number of aromatic amines is 1. The van der Waals surface area contributed by atoms with Crippen LogP contribution >= 0.6 is 0 Å². The van der Waals surface area contributed by atoms with Crippen molar-refractivity contribution in [3.05, 3.63) is 29.7 Å². The van der Waals surface area contributed by atoms with Gasteiger partial charge in [-0.1, -0.05) is 6.92 Å². The minimum Gasteiger partial charge on any atom is -0.327 e. The van der Waals surface area contributed by atoms with Crippen molar-refractivity contribution >= 4 is 28.8 Å². The van der Waals surface area contributed by atoms with Crippen LogP contribution in [0.3, 0.4) is 0 Å². The van der Waals surface area contributed by atoms with E-state index >= 15 is 0 Å². The zero-order valence-electron chi connectivity index (χ0n) is 15.3. The zero-order valence-corrected chi connectivity index (χ0v) is 15.3. The lowest BCUT2D eigenvalue weighted by Gasteiger charge is -2.40. The van der Waals surface area contributed by atoms with Crippen LogP contribution in [0.4, 0.5) is 10.1 Å². The van der Waals surface area contributed by atoms with Crippen molar-refractivity contribution in [2.75, 3.05) is 18.4 Å². The molecular weight excluding hydrogens is 333 g/mol. The number of benzene rings is 1. The highest BCUT2D eigenvalue weighted by Crippen LogP contribution is 2.39. The van der Waals surface area contributed by atoms with Crippen LogP contribution < -0.4 is 5.32 Å². The first-order valence-corrected chi connectivity index (χ1v) is 9.07. The molecule has 6 nitrogen and oxygen atoms in total. The average molecular weight is 357 g/mol. The van der Waals surface area contributed by atoms with Gasteiger partial charge in [0.05, 0.1) is 11.2 Å². The summed E-state index contributed by atoms with van der Waals surface area (Å²) in [6, 6.07) is 3.27. The molecule has 138 valence electrons. The molecule has 26 heavy (non-hydrogen) atoms. The minimum atomic E-state index is -0.416. The number of H-pyrrole nitrogens is 1. The number of rotatable bonds is 4. The SMILES string of the molecule is CC(C)N1CCC(C)(c2c[nH]n3c2nc2cc(F)cc(NC=O)c23)CC1. The van der Waals surface area contributed by atoms with Crippen molar-refractivity contribution in [2.24, 2.45) is 0 Å². The maximum absolute atomic E-state index is 13.9. The molecule has 1 aliphatic heterocycles. The van der Waals surface area contributed by atoms with Crippen molar-refractivity contribution in [3.63, 3.8) is 0 Å². The summed E-state index contributed by atoms with van der Waals surface area (Å²) in [5.74, 6) is -0.416. The van der Waals surface area contributed by atoms with Gasteiger partial charge in [0, 0.05) is 29.3 Å². The fourth-order valence-corrected chi connectivity index (χ4v) is 4.10. The Morgan fingerprint density at radius 2 is 2.08 bits per heavy atom. The highest BCUT2D eigenvalue weighted by Gasteiger charge is 2.35. The summed E-state index contributed by atoms with van der Waals surface area (Å²) in [6.45, 7) is 8.85. The Morgan fingerprint density at radius 3 is 2.73 bits per heavy atom. The molecule has 0 bridgehead atoms. The first kappa shape index (κ1) is 17.0. The van der Waals surface area contributed by atoms with E-state index in [0.717, 1.165) is 37.1 Å². The predicted octanol–water partition coefficient (Wildman–Crippen LogP) is 3.28. The summed E-state index contributed by atoms with van der Waals surface area (Å²) in [6.07, 6.45) is 4.66. The number of nitrogens with zero attached hydrogens (tertiary/aromatic N) is 3. The van der Waals surface area contributed by atoms with Crippen LogP contribution in [0.15, 0.2) is 18.3 Å². The third-order valence-corrected chi connectivity index (χ3v) is 5.79. The number of likely N-dealkylation sites (tertiary alicyclic amines) is 1. The van der Waals surface area contributed by atoms with E-state index in [0.29, 0.717) is 29.2 Å². The Hall–Kier alpha value is -2.41. The first-order chi connectivity index (χ1) is 12.4. The number of nitrogens with one attached hydrogen (secondary N) is 2. The summed E-state index contributed by atoms with van der Waals surface area (Å²) < 4.78 is 15.7. The molecule has 3 aromatic rings. The molecule has 1 saturated heterocycles. The molecule has 2 aromatic heterocycles. The van der Waals surface area contributed by atoms with E-state index in [1.807, 2.05) is 10.7 Å². The van der Waals surface area contributed by atoms with Crippen molar-refractivity contribution in [1.29, 1.82) is 0 Å². The van der Waals surface area contributed by atoms with Gasteiger partial charge in [0.2, 0.25) is 6.41 Å². The normalized spacial score (nSPS) is 18.0. The number of piperidine rings is 1.